The van der Waals surface area contributed by atoms with Gasteiger partial charge in [0.15, 0.2) is 5.82 Å². The van der Waals surface area contributed by atoms with Gasteiger partial charge in [0.2, 0.25) is 0 Å². The lowest BCUT2D eigenvalue weighted by Crippen LogP contribution is -1.98. The van der Waals surface area contributed by atoms with E-state index in [4.69, 9.17) is 10.5 Å². The molecular weight excluding hydrogens is 226 g/mol. The van der Waals surface area contributed by atoms with E-state index in [0.717, 1.165) is 29.8 Å². The molecule has 0 amide bonds. The highest BCUT2D eigenvalue weighted by Crippen LogP contribution is 2.30. The number of nitrogen functional groups attached to an aromatic ring is 1. The molecular formula is C14H15N3O. The molecule has 1 heterocycles. The number of nitrogens with zero attached hydrogens (tertiary/aromatic N) is 2. The Bertz CT molecular complexity index is 596. The maximum atomic E-state index is 5.82. The number of methoxy groups -OCH3 is 1. The van der Waals surface area contributed by atoms with Crippen molar-refractivity contribution in [3.63, 3.8) is 0 Å². The number of benzene rings is 1. The lowest BCUT2D eigenvalue weighted by molar-refractivity contribution is 0.416. The zero-order valence-corrected chi connectivity index (χ0v) is 10.3. The SMILES string of the molecule is COc1ccc(N)cc1-c1ncc2c(n1)CCC2. The van der Waals surface area contributed by atoms with Crippen LogP contribution < -0.4 is 10.5 Å². The number of ether oxygens (including phenoxy) is 1. The first kappa shape index (κ1) is 11.0. The topological polar surface area (TPSA) is 61.0 Å². The molecule has 1 aliphatic carbocycles. The second-order valence-corrected chi connectivity index (χ2v) is 4.48. The van der Waals surface area contributed by atoms with Crippen LogP contribution in [0.5, 0.6) is 5.75 Å². The van der Waals surface area contributed by atoms with Crippen molar-refractivity contribution in [3.05, 3.63) is 35.7 Å². The van der Waals surface area contributed by atoms with Gasteiger partial charge in [-0.25, -0.2) is 9.97 Å². The third kappa shape index (κ3) is 1.79. The van der Waals surface area contributed by atoms with E-state index < -0.39 is 0 Å². The standard InChI is InChI=1S/C14H15N3O/c1-18-13-6-5-10(15)7-11(13)14-16-8-9-3-2-4-12(9)17-14/h5-8H,2-4,15H2,1H3. The maximum Gasteiger partial charge on any atom is 0.163 e. The number of aromatic nitrogens is 2. The summed E-state index contributed by atoms with van der Waals surface area (Å²) in [5.74, 6) is 1.45. The maximum absolute atomic E-state index is 5.82. The molecule has 92 valence electrons. The molecule has 4 nitrogen and oxygen atoms in total. The van der Waals surface area contributed by atoms with E-state index in [1.165, 1.54) is 12.0 Å². The zero-order chi connectivity index (χ0) is 12.5. The van der Waals surface area contributed by atoms with Gasteiger partial charge in [0.05, 0.1) is 12.7 Å². The van der Waals surface area contributed by atoms with Crippen LogP contribution in [0.3, 0.4) is 0 Å². The van der Waals surface area contributed by atoms with E-state index in [1.807, 2.05) is 24.4 Å². The largest absolute Gasteiger partial charge is 0.496 e. The summed E-state index contributed by atoms with van der Waals surface area (Å²) in [6.45, 7) is 0. The Hall–Kier alpha value is -2.10. The summed E-state index contributed by atoms with van der Waals surface area (Å²) in [4.78, 5) is 9.05. The summed E-state index contributed by atoms with van der Waals surface area (Å²) in [6.07, 6.45) is 5.22. The Morgan fingerprint density at radius 1 is 1.28 bits per heavy atom. The lowest BCUT2D eigenvalue weighted by atomic mass is 10.1. The first-order valence-electron chi connectivity index (χ1n) is 6.06. The van der Waals surface area contributed by atoms with Crippen molar-refractivity contribution >= 4 is 5.69 Å². The molecule has 3 rings (SSSR count). The van der Waals surface area contributed by atoms with E-state index in [0.29, 0.717) is 11.5 Å². The summed E-state index contributed by atoms with van der Waals surface area (Å²) in [6, 6.07) is 5.52. The van der Waals surface area contributed by atoms with E-state index in [9.17, 15) is 0 Å². The van der Waals surface area contributed by atoms with Crippen molar-refractivity contribution in [1.29, 1.82) is 0 Å². The molecule has 18 heavy (non-hydrogen) atoms. The molecule has 0 atom stereocenters. The van der Waals surface area contributed by atoms with Crippen molar-refractivity contribution in [3.8, 4) is 17.1 Å². The number of hydrogen-bond acceptors (Lipinski definition) is 4. The fourth-order valence-corrected chi connectivity index (χ4v) is 2.34. The number of rotatable bonds is 2. The molecule has 1 aromatic heterocycles. The number of fused-ring (bicyclic) bond motifs is 1. The van der Waals surface area contributed by atoms with Gasteiger partial charge >= 0.3 is 0 Å². The van der Waals surface area contributed by atoms with E-state index in [-0.39, 0.29) is 0 Å². The number of hydrogen-bond donors (Lipinski definition) is 1. The summed E-state index contributed by atoms with van der Waals surface area (Å²) in [7, 11) is 1.64. The van der Waals surface area contributed by atoms with Crippen molar-refractivity contribution in [2.75, 3.05) is 12.8 Å². The van der Waals surface area contributed by atoms with Gasteiger partial charge in [-0.1, -0.05) is 0 Å². The van der Waals surface area contributed by atoms with E-state index in [1.54, 1.807) is 7.11 Å². The molecule has 0 aliphatic heterocycles. The van der Waals surface area contributed by atoms with Gasteiger partial charge < -0.3 is 10.5 Å². The Morgan fingerprint density at radius 3 is 3.00 bits per heavy atom. The first-order valence-corrected chi connectivity index (χ1v) is 6.06. The normalized spacial score (nSPS) is 13.4. The highest BCUT2D eigenvalue weighted by Gasteiger charge is 2.16. The van der Waals surface area contributed by atoms with Crippen LogP contribution in [0.25, 0.3) is 11.4 Å². The Morgan fingerprint density at radius 2 is 2.17 bits per heavy atom. The summed E-state index contributed by atoms with van der Waals surface area (Å²) in [5, 5.41) is 0. The number of anilines is 1. The molecule has 0 saturated carbocycles. The van der Waals surface area contributed by atoms with Gasteiger partial charge in [0.25, 0.3) is 0 Å². The molecule has 0 fully saturated rings. The minimum Gasteiger partial charge on any atom is -0.496 e. The predicted molar refractivity (Wildman–Crippen MR) is 70.5 cm³/mol. The van der Waals surface area contributed by atoms with Crippen molar-refractivity contribution in [1.82, 2.24) is 9.97 Å². The monoisotopic (exact) mass is 241 g/mol. The van der Waals surface area contributed by atoms with Crippen molar-refractivity contribution in [2.45, 2.75) is 19.3 Å². The fourth-order valence-electron chi connectivity index (χ4n) is 2.34. The van der Waals surface area contributed by atoms with Gasteiger partial charge in [-0.2, -0.15) is 0 Å². The molecule has 2 aromatic rings. The fraction of sp³-hybridized carbons (Fsp3) is 0.286. The average molecular weight is 241 g/mol. The van der Waals surface area contributed by atoms with Gasteiger partial charge in [-0.05, 0) is 43.0 Å². The van der Waals surface area contributed by atoms with Crippen LogP contribution in [0.1, 0.15) is 17.7 Å². The highest BCUT2D eigenvalue weighted by molar-refractivity contribution is 5.69. The highest BCUT2D eigenvalue weighted by atomic mass is 16.5. The molecule has 0 radical (unpaired) electrons. The quantitative estimate of drug-likeness (QED) is 0.819. The van der Waals surface area contributed by atoms with Gasteiger partial charge in [-0.3, -0.25) is 0 Å². The minimum atomic E-state index is 0.690. The second kappa shape index (κ2) is 4.29. The molecule has 4 heteroatoms. The average Bonchev–Trinajstić information content (AvgIpc) is 2.85. The zero-order valence-electron chi connectivity index (χ0n) is 10.3. The van der Waals surface area contributed by atoms with Crippen LogP contribution in [-0.4, -0.2) is 17.1 Å². The molecule has 2 N–H and O–H groups in total. The Labute approximate surface area is 106 Å². The Kier molecular flexibility index (Phi) is 2.63. The first-order chi connectivity index (χ1) is 8.78. The van der Waals surface area contributed by atoms with Crippen LogP contribution in [0, 0.1) is 0 Å². The molecule has 0 bridgehead atoms. The van der Waals surface area contributed by atoms with E-state index in [2.05, 4.69) is 9.97 Å². The lowest BCUT2D eigenvalue weighted by Gasteiger charge is -2.09. The molecule has 0 saturated heterocycles. The molecule has 0 spiro atoms. The summed E-state index contributed by atoms with van der Waals surface area (Å²) < 4.78 is 5.34. The molecule has 1 aliphatic rings. The minimum absolute atomic E-state index is 0.690. The molecule has 0 unspecified atom stereocenters. The van der Waals surface area contributed by atoms with Crippen LogP contribution in [0.15, 0.2) is 24.4 Å². The number of nitrogens with two attached hydrogens (primary N) is 1. The molecule has 1 aromatic carbocycles. The van der Waals surface area contributed by atoms with Crippen molar-refractivity contribution in [2.24, 2.45) is 0 Å². The number of aryl methyl sites for hydroxylation is 2. The third-order valence-electron chi connectivity index (χ3n) is 3.28. The van der Waals surface area contributed by atoms with Gasteiger partial charge in [-0.15, -0.1) is 0 Å². The van der Waals surface area contributed by atoms with Crippen LogP contribution in [0.2, 0.25) is 0 Å². The predicted octanol–water partition coefficient (Wildman–Crippen LogP) is 2.22. The smallest absolute Gasteiger partial charge is 0.163 e. The van der Waals surface area contributed by atoms with Crippen molar-refractivity contribution < 1.29 is 4.74 Å². The summed E-state index contributed by atoms with van der Waals surface area (Å²) >= 11 is 0. The second-order valence-electron chi connectivity index (χ2n) is 4.48. The van der Waals surface area contributed by atoms with E-state index >= 15 is 0 Å². The van der Waals surface area contributed by atoms with Crippen LogP contribution in [0.4, 0.5) is 5.69 Å². The van der Waals surface area contributed by atoms with Gasteiger partial charge in [0, 0.05) is 17.6 Å². The van der Waals surface area contributed by atoms with Gasteiger partial charge in [0.1, 0.15) is 5.75 Å². The van der Waals surface area contributed by atoms with Crippen LogP contribution in [-0.2, 0) is 12.8 Å². The Balaban J connectivity index is 2.12. The third-order valence-corrected chi connectivity index (χ3v) is 3.28. The summed E-state index contributed by atoms with van der Waals surface area (Å²) in [5.41, 5.74) is 9.79. The van der Waals surface area contributed by atoms with Crippen LogP contribution >= 0.6 is 0 Å².